The molecule has 6 nitrogen and oxygen atoms in total. The summed E-state index contributed by atoms with van der Waals surface area (Å²) in [5.41, 5.74) is 0. The molecule has 0 bridgehead atoms. The highest BCUT2D eigenvalue weighted by Crippen LogP contribution is 2.23. The van der Waals surface area contributed by atoms with Gasteiger partial charge in [0.05, 0.1) is 5.92 Å². The van der Waals surface area contributed by atoms with E-state index in [2.05, 4.69) is 0 Å². The van der Waals surface area contributed by atoms with Crippen LogP contribution in [0.2, 0.25) is 0 Å². The SMILES string of the molecule is CN(C)S(=O)(=O)N1CCCC(C(=O)N2CCCCCC2)C1. The molecule has 2 rings (SSSR count). The predicted molar refractivity (Wildman–Crippen MR) is 82.0 cm³/mol. The molecule has 1 amide bonds. The van der Waals surface area contributed by atoms with Crippen molar-refractivity contribution in [2.75, 3.05) is 40.3 Å². The molecule has 0 radical (unpaired) electrons. The Balaban J connectivity index is 2.01. The molecule has 2 fully saturated rings. The van der Waals surface area contributed by atoms with Crippen LogP contribution in [0.25, 0.3) is 0 Å². The van der Waals surface area contributed by atoms with Crippen LogP contribution in [-0.4, -0.2) is 68.1 Å². The van der Waals surface area contributed by atoms with E-state index in [1.54, 1.807) is 0 Å². The van der Waals surface area contributed by atoms with E-state index in [1.165, 1.54) is 35.5 Å². The topological polar surface area (TPSA) is 60.9 Å². The Morgan fingerprint density at radius 1 is 1.00 bits per heavy atom. The standard InChI is InChI=1S/C14H27N3O3S/c1-15(2)21(19,20)17-11-7-8-13(12-17)14(18)16-9-5-3-4-6-10-16/h13H,3-12H2,1-2H3. The maximum Gasteiger partial charge on any atom is 0.281 e. The fourth-order valence-corrected chi connectivity index (χ4v) is 4.32. The molecule has 2 aliphatic heterocycles. The molecule has 0 aromatic rings. The number of piperidine rings is 1. The Morgan fingerprint density at radius 2 is 1.62 bits per heavy atom. The van der Waals surface area contributed by atoms with E-state index in [1.807, 2.05) is 4.90 Å². The summed E-state index contributed by atoms with van der Waals surface area (Å²) in [7, 11) is -0.334. The van der Waals surface area contributed by atoms with Crippen molar-refractivity contribution in [2.24, 2.45) is 5.92 Å². The summed E-state index contributed by atoms with van der Waals surface area (Å²) in [6.45, 7) is 2.51. The minimum Gasteiger partial charge on any atom is -0.342 e. The third kappa shape index (κ3) is 3.96. The number of carbonyl (C=O) groups is 1. The number of hydrogen-bond donors (Lipinski definition) is 0. The summed E-state index contributed by atoms with van der Waals surface area (Å²) in [5.74, 6) is -0.0258. The number of amides is 1. The maximum atomic E-state index is 12.6. The minimum atomic E-state index is -3.41. The van der Waals surface area contributed by atoms with Crippen LogP contribution < -0.4 is 0 Å². The molecule has 0 saturated carbocycles. The largest absolute Gasteiger partial charge is 0.342 e. The molecular weight excluding hydrogens is 290 g/mol. The third-order valence-electron chi connectivity index (χ3n) is 4.44. The van der Waals surface area contributed by atoms with Crippen LogP contribution in [0.15, 0.2) is 0 Å². The van der Waals surface area contributed by atoms with Crippen LogP contribution in [0.1, 0.15) is 38.5 Å². The average molecular weight is 317 g/mol. The Hall–Kier alpha value is -0.660. The van der Waals surface area contributed by atoms with Gasteiger partial charge in [-0.15, -0.1) is 0 Å². The van der Waals surface area contributed by atoms with Crippen molar-refractivity contribution in [2.45, 2.75) is 38.5 Å². The highest BCUT2D eigenvalue weighted by Gasteiger charge is 2.35. The lowest BCUT2D eigenvalue weighted by Crippen LogP contribution is -2.49. The Labute approximate surface area is 128 Å². The van der Waals surface area contributed by atoms with E-state index in [0.29, 0.717) is 13.1 Å². The summed E-state index contributed by atoms with van der Waals surface area (Å²) < 4.78 is 27.1. The van der Waals surface area contributed by atoms with Crippen molar-refractivity contribution in [3.05, 3.63) is 0 Å². The third-order valence-corrected chi connectivity index (χ3v) is 6.35. The molecule has 21 heavy (non-hydrogen) atoms. The maximum absolute atomic E-state index is 12.6. The van der Waals surface area contributed by atoms with Gasteiger partial charge >= 0.3 is 0 Å². The van der Waals surface area contributed by atoms with Crippen molar-refractivity contribution in [1.82, 2.24) is 13.5 Å². The Morgan fingerprint density at radius 3 is 2.19 bits per heavy atom. The molecule has 0 aromatic carbocycles. The zero-order chi connectivity index (χ0) is 15.5. The Kier molecular flexibility index (Phi) is 5.62. The molecule has 2 saturated heterocycles. The van der Waals surface area contributed by atoms with E-state index in [-0.39, 0.29) is 11.8 Å². The van der Waals surface area contributed by atoms with Crippen molar-refractivity contribution in [3.63, 3.8) is 0 Å². The fraction of sp³-hybridized carbons (Fsp3) is 0.929. The Bertz CT molecular complexity index is 456. The van der Waals surface area contributed by atoms with E-state index in [9.17, 15) is 13.2 Å². The van der Waals surface area contributed by atoms with Crippen LogP contribution in [0.4, 0.5) is 0 Å². The van der Waals surface area contributed by atoms with Crippen molar-refractivity contribution >= 4 is 16.1 Å². The molecule has 0 N–H and O–H groups in total. The lowest BCUT2D eigenvalue weighted by atomic mass is 9.98. The minimum absolute atomic E-state index is 0.149. The second-order valence-corrected chi connectivity index (χ2v) is 8.37. The first-order valence-corrected chi connectivity index (χ1v) is 9.29. The van der Waals surface area contributed by atoms with Crippen LogP contribution in [0, 0.1) is 5.92 Å². The number of nitrogens with zero attached hydrogens (tertiary/aromatic N) is 3. The van der Waals surface area contributed by atoms with Gasteiger partial charge in [-0.1, -0.05) is 12.8 Å². The predicted octanol–water partition coefficient (Wildman–Crippen LogP) is 0.907. The first-order chi connectivity index (χ1) is 9.93. The van der Waals surface area contributed by atoms with Crippen LogP contribution >= 0.6 is 0 Å². The summed E-state index contributed by atoms with van der Waals surface area (Å²) in [6.07, 6.45) is 6.08. The quantitative estimate of drug-likeness (QED) is 0.777. The van der Waals surface area contributed by atoms with Gasteiger partial charge in [-0.05, 0) is 25.7 Å². The van der Waals surface area contributed by atoms with Crippen molar-refractivity contribution in [3.8, 4) is 0 Å². The van der Waals surface area contributed by atoms with Gasteiger partial charge in [0.2, 0.25) is 5.91 Å². The molecule has 1 atom stereocenters. The normalized spacial score (nSPS) is 25.9. The van der Waals surface area contributed by atoms with E-state index in [4.69, 9.17) is 0 Å². The summed E-state index contributed by atoms with van der Waals surface area (Å²) >= 11 is 0. The molecule has 7 heteroatoms. The molecule has 0 spiro atoms. The molecular formula is C14H27N3O3S. The van der Waals surface area contributed by atoms with Gasteiger partial charge in [0.25, 0.3) is 10.2 Å². The first kappa shape index (κ1) is 16.7. The zero-order valence-electron chi connectivity index (χ0n) is 13.1. The number of hydrogen-bond acceptors (Lipinski definition) is 3. The van der Waals surface area contributed by atoms with E-state index in [0.717, 1.165) is 38.8 Å². The van der Waals surface area contributed by atoms with Crippen LogP contribution in [0.5, 0.6) is 0 Å². The smallest absolute Gasteiger partial charge is 0.281 e. The molecule has 2 heterocycles. The number of likely N-dealkylation sites (tertiary alicyclic amines) is 1. The van der Waals surface area contributed by atoms with Crippen LogP contribution in [0.3, 0.4) is 0 Å². The van der Waals surface area contributed by atoms with Crippen molar-refractivity contribution < 1.29 is 13.2 Å². The van der Waals surface area contributed by atoms with E-state index >= 15 is 0 Å². The van der Waals surface area contributed by atoms with E-state index < -0.39 is 10.2 Å². The highest BCUT2D eigenvalue weighted by molar-refractivity contribution is 7.86. The average Bonchev–Trinajstić information content (AvgIpc) is 2.75. The van der Waals surface area contributed by atoms with Gasteiger partial charge in [-0.3, -0.25) is 4.79 Å². The number of carbonyl (C=O) groups excluding carboxylic acids is 1. The molecule has 0 aliphatic carbocycles. The zero-order valence-corrected chi connectivity index (χ0v) is 13.9. The van der Waals surface area contributed by atoms with Crippen molar-refractivity contribution in [1.29, 1.82) is 0 Å². The first-order valence-electron chi connectivity index (χ1n) is 7.89. The molecule has 2 aliphatic rings. The molecule has 122 valence electrons. The van der Waals surface area contributed by atoms with Crippen LogP contribution in [-0.2, 0) is 15.0 Å². The summed E-state index contributed by atoms with van der Waals surface area (Å²) in [6, 6.07) is 0. The fourth-order valence-electron chi connectivity index (χ4n) is 3.13. The molecule has 0 aromatic heterocycles. The van der Waals surface area contributed by atoms with Gasteiger partial charge in [-0.25, -0.2) is 0 Å². The van der Waals surface area contributed by atoms with Gasteiger partial charge in [-0.2, -0.15) is 17.0 Å². The monoisotopic (exact) mass is 317 g/mol. The van der Waals surface area contributed by atoms with Gasteiger partial charge in [0.15, 0.2) is 0 Å². The summed E-state index contributed by atoms with van der Waals surface area (Å²) in [4.78, 5) is 14.6. The van der Waals surface area contributed by atoms with Gasteiger partial charge < -0.3 is 4.90 Å². The lowest BCUT2D eigenvalue weighted by molar-refractivity contribution is -0.136. The van der Waals surface area contributed by atoms with Gasteiger partial charge in [0.1, 0.15) is 0 Å². The molecule has 1 unspecified atom stereocenters. The highest BCUT2D eigenvalue weighted by atomic mass is 32.2. The number of rotatable bonds is 3. The summed E-state index contributed by atoms with van der Waals surface area (Å²) in [5, 5.41) is 0. The lowest BCUT2D eigenvalue weighted by Gasteiger charge is -2.35. The second kappa shape index (κ2) is 7.07. The second-order valence-electron chi connectivity index (χ2n) is 6.23. The van der Waals surface area contributed by atoms with Gasteiger partial charge in [0, 0.05) is 40.3 Å².